The summed E-state index contributed by atoms with van der Waals surface area (Å²) in [5.41, 5.74) is 1.88. The van der Waals surface area contributed by atoms with Crippen LogP contribution >= 0.6 is 0 Å². The third-order valence-corrected chi connectivity index (χ3v) is 5.54. The molecule has 0 aromatic heterocycles. The van der Waals surface area contributed by atoms with E-state index in [4.69, 9.17) is 0 Å². The molecule has 0 saturated heterocycles. The average Bonchev–Trinajstić information content (AvgIpc) is 2.98. The minimum Gasteiger partial charge on any atom is -0.310 e. The Balaban J connectivity index is 1.76. The summed E-state index contributed by atoms with van der Waals surface area (Å²) in [6.45, 7) is 2.03. The van der Waals surface area contributed by atoms with E-state index < -0.39 is 21.9 Å². The normalized spacial score (nSPS) is 15.2. The van der Waals surface area contributed by atoms with E-state index in [9.17, 15) is 17.6 Å². The molecule has 7 heteroatoms. The molecular formula is C17H17FN2O3S. The predicted octanol–water partition coefficient (Wildman–Crippen LogP) is 2.08. The summed E-state index contributed by atoms with van der Waals surface area (Å²) >= 11 is 0. The fourth-order valence-electron chi connectivity index (χ4n) is 2.77. The lowest BCUT2D eigenvalue weighted by molar-refractivity contribution is -0.119. The summed E-state index contributed by atoms with van der Waals surface area (Å²) < 4.78 is 39.9. The number of rotatable bonds is 4. The maximum Gasteiger partial charge on any atom is 0.244 e. The Bertz CT molecular complexity index is 866. The number of fused-ring (bicyclic) bond motifs is 1. The molecule has 5 nitrogen and oxygen atoms in total. The van der Waals surface area contributed by atoms with Crippen LogP contribution in [0.4, 0.5) is 10.1 Å². The third-order valence-electron chi connectivity index (χ3n) is 3.98. The average molecular weight is 348 g/mol. The van der Waals surface area contributed by atoms with Gasteiger partial charge in [-0.2, -0.15) is 4.72 Å². The molecule has 0 aliphatic carbocycles. The van der Waals surface area contributed by atoms with Crippen molar-refractivity contribution in [2.75, 3.05) is 11.4 Å². The summed E-state index contributed by atoms with van der Waals surface area (Å²) in [7, 11) is -3.89. The van der Waals surface area contributed by atoms with Gasteiger partial charge in [-0.05, 0) is 49.2 Å². The molecule has 1 aliphatic heterocycles. The molecular weight excluding hydrogens is 331 g/mol. The molecule has 0 spiro atoms. The van der Waals surface area contributed by atoms with Crippen molar-refractivity contribution in [3.8, 4) is 0 Å². The van der Waals surface area contributed by atoms with E-state index in [1.165, 1.54) is 19.1 Å². The van der Waals surface area contributed by atoms with E-state index in [-0.39, 0.29) is 10.8 Å². The van der Waals surface area contributed by atoms with Crippen LogP contribution in [0.1, 0.15) is 12.5 Å². The summed E-state index contributed by atoms with van der Waals surface area (Å²) in [4.78, 5) is 14.1. The molecule has 0 unspecified atom stereocenters. The van der Waals surface area contributed by atoms with Crippen LogP contribution in [0.25, 0.3) is 0 Å². The highest BCUT2D eigenvalue weighted by Gasteiger charge is 2.30. The number of carbonyl (C=O) groups is 1. The zero-order valence-electron chi connectivity index (χ0n) is 13.1. The Morgan fingerprint density at radius 3 is 2.54 bits per heavy atom. The lowest BCUT2D eigenvalue weighted by Crippen LogP contribution is -2.46. The number of sulfonamides is 1. The van der Waals surface area contributed by atoms with Crippen LogP contribution in [0.2, 0.25) is 0 Å². The highest BCUT2D eigenvalue weighted by atomic mass is 32.2. The van der Waals surface area contributed by atoms with E-state index in [0.29, 0.717) is 6.54 Å². The van der Waals surface area contributed by atoms with Crippen LogP contribution in [0.3, 0.4) is 0 Å². The van der Waals surface area contributed by atoms with Crippen molar-refractivity contribution < 1.29 is 17.6 Å². The number of carbonyl (C=O) groups excluding carboxylic acids is 1. The molecule has 3 rings (SSSR count). The lowest BCUT2D eigenvalue weighted by atomic mass is 10.2. The zero-order valence-corrected chi connectivity index (χ0v) is 13.9. The summed E-state index contributed by atoms with van der Waals surface area (Å²) in [6.07, 6.45) is 0.749. The van der Waals surface area contributed by atoms with Crippen molar-refractivity contribution >= 4 is 21.6 Å². The molecule has 0 saturated carbocycles. The van der Waals surface area contributed by atoms with E-state index in [1.54, 1.807) is 4.90 Å². The fourth-order valence-corrected chi connectivity index (χ4v) is 3.96. The smallest absolute Gasteiger partial charge is 0.244 e. The maximum absolute atomic E-state index is 12.9. The Hall–Kier alpha value is -2.25. The van der Waals surface area contributed by atoms with E-state index >= 15 is 0 Å². The van der Waals surface area contributed by atoms with Gasteiger partial charge in [0.05, 0.1) is 10.9 Å². The Morgan fingerprint density at radius 2 is 1.83 bits per heavy atom. The van der Waals surface area contributed by atoms with Gasteiger partial charge in [0.15, 0.2) is 0 Å². The van der Waals surface area contributed by atoms with Gasteiger partial charge in [0.25, 0.3) is 0 Å². The second-order valence-corrected chi connectivity index (χ2v) is 7.38. The standard InChI is InChI=1S/C17H17FN2O3S/c1-12(19-24(22,23)15-8-6-14(18)7-9-15)17(21)20-11-10-13-4-2-3-5-16(13)20/h2-9,12,19H,10-11H2,1H3/t12-/m1/s1. The molecule has 0 bridgehead atoms. The van der Waals surface area contributed by atoms with E-state index in [2.05, 4.69) is 4.72 Å². The first-order valence-corrected chi connectivity index (χ1v) is 9.04. The van der Waals surface area contributed by atoms with Gasteiger partial charge in [0.2, 0.25) is 15.9 Å². The Morgan fingerprint density at radius 1 is 1.17 bits per heavy atom. The van der Waals surface area contributed by atoms with Gasteiger partial charge in [0.1, 0.15) is 5.82 Å². The number of hydrogen-bond donors (Lipinski definition) is 1. The first-order valence-electron chi connectivity index (χ1n) is 7.56. The highest BCUT2D eigenvalue weighted by molar-refractivity contribution is 7.89. The van der Waals surface area contributed by atoms with Gasteiger partial charge in [-0.3, -0.25) is 4.79 Å². The van der Waals surface area contributed by atoms with Gasteiger partial charge in [-0.15, -0.1) is 0 Å². The van der Waals surface area contributed by atoms with Gasteiger partial charge in [0, 0.05) is 12.2 Å². The van der Waals surface area contributed by atoms with Gasteiger partial charge < -0.3 is 4.90 Å². The number of benzene rings is 2. The first kappa shape index (κ1) is 16.6. The van der Waals surface area contributed by atoms with Crippen molar-refractivity contribution in [2.45, 2.75) is 24.3 Å². The fraction of sp³-hybridized carbons (Fsp3) is 0.235. The monoisotopic (exact) mass is 348 g/mol. The van der Waals surface area contributed by atoms with Crippen LogP contribution in [-0.4, -0.2) is 26.9 Å². The topological polar surface area (TPSA) is 66.5 Å². The molecule has 1 atom stereocenters. The molecule has 1 aliphatic rings. The number of para-hydroxylation sites is 1. The minimum atomic E-state index is -3.89. The van der Waals surface area contributed by atoms with Crippen molar-refractivity contribution in [2.24, 2.45) is 0 Å². The van der Waals surface area contributed by atoms with Crippen LogP contribution in [0.15, 0.2) is 53.4 Å². The molecule has 2 aromatic carbocycles. The second-order valence-electron chi connectivity index (χ2n) is 5.67. The van der Waals surface area contributed by atoms with Gasteiger partial charge in [-0.1, -0.05) is 18.2 Å². The number of nitrogens with one attached hydrogen (secondary N) is 1. The van der Waals surface area contributed by atoms with Gasteiger partial charge >= 0.3 is 0 Å². The zero-order chi connectivity index (χ0) is 17.3. The molecule has 1 N–H and O–H groups in total. The van der Waals surface area contributed by atoms with Crippen LogP contribution in [0.5, 0.6) is 0 Å². The lowest BCUT2D eigenvalue weighted by Gasteiger charge is -2.22. The first-order chi connectivity index (χ1) is 11.4. The van der Waals surface area contributed by atoms with Crippen molar-refractivity contribution in [3.05, 3.63) is 59.9 Å². The van der Waals surface area contributed by atoms with Crippen LogP contribution < -0.4 is 9.62 Å². The van der Waals surface area contributed by atoms with Crippen molar-refractivity contribution in [3.63, 3.8) is 0 Å². The predicted molar refractivity (Wildman–Crippen MR) is 88.7 cm³/mol. The maximum atomic E-state index is 12.9. The molecule has 1 heterocycles. The number of nitrogens with zero attached hydrogens (tertiary/aromatic N) is 1. The van der Waals surface area contributed by atoms with E-state index in [0.717, 1.165) is 29.8 Å². The number of amides is 1. The number of anilines is 1. The van der Waals surface area contributed by atoms with Crippen molar-refractivity contribution in [1.82, 2.24) is 4.72 Å². The summed E-state index contributed by atoms with van der Waals surface area (Å²) in [6, 6.07) is 11.1. The molecule has 0 fully saturated rings. The summed E-state index contributed by atoms with van der Waals surface area (Å²) in [5, 5.41) is 0. The SMILES string of the molecule is C[C@@H](NS(=O)(=O)c1ccc(F)cc1)C(=O)N1CCc2ccccc21. The van der Waals surface area contributed by atoms with Gasteiger partial charge in [-0.25, -0.2) is 12.8 Å². The number of halogens is 1. The van der Waals surface area contributed by atoms with Crippen molar-refractivity contribution in [1.29, 1.82) is 0 Å². The molecule has 0 radical (unpaired) electrons. The van der Waals surface area contributed by atoms with E-state index in [1.807, 2.05) is 24.3 Å². The highest BCUT2D eigenvalue weighted by Crippen LogP contribution is 2.28. The third kappa shape index (κ3) is 3.18. The molecule has 2 aromatic rings. The number of hydrogen-bond acceptors (Lipinski definition) is 3. The second kappa shape index (κ2) is 6.33. The molecule has 24 heavy (non-hydrogen) atoms. The van der Waals surface area contributed by atoms with Crippen LogP contribution in [0, 0.1) is 5.82 Å². The Labute approximate surface area is 140 Å². The minimum absolute atomic E-state index is 0.0784. The molecule has 1 amide bonds. The quantitative estimate of drug-likeness (QED) is 0.920. The Kier molecular flexibility index (Phi) is 4.38. The summed E-state index contributed by atoms with van der Waals surface area (Å²) in [5.74, 6) is -0.836. The molecule has 126 valence electrons. The largest absolute Gasteiger partial charge is 0.310 e. The van der Waals surface area contributed by atoms with Crippen LogP contribution in [-0.2, 0) is 21.2 Å².